The Kier molecular flexibility index (Phi) is 13.6. The van der Waals surface area contributed by atoms with Crippen molar-refractivity contribution in [3.8, 4) is 11.5 Å². The van der Waals surface area contributed by atoms with Crippen LogP contribution in [0.3, 0.4) is 0 Å². The summed E-state index contributed by atoms with van der Waals surface area (Å²) < 4.78 is 42.6. The second kappa shape index (κ2) is 16.9. The molecule has 1 saturated heterocycles. The summed E-state index contributed by atoms with van der Waals surface area (Å²) in [6.07, 6.45) is 7.27. The molecule has 0 aromatic heterocycles. The van der Waals surface area contributed by atoms with Gasteiger partial charge in [-0.2, -0.15) is 0 Å². The van der Waals surface area contributed by atoms with Crippen LogP contribution in [0.2, 0.25) is 0 Å². The second-order valence-electron chi connectivity index (χ2n) is 12.2. The zero-order chi connectivity index (χ0) is 34.0. The van der Waals surface area contributed by atoms with Crippen LogP contribution in [-0.4, -0.2) is 31.3 Å². The molecule has 2 unspecified atom stereocenters. The van der Waals surface area contributed by atoms with Crippen LogP contribution < -0.4 is 14.6 Å². The van der Waals surface area contributed by atoms with Gasteiger partial charge in [0.05, 0.1) is 6.10 Å². The van der Waals surface area contributed by atoms with Crippen LogP contribution in [0.5, 0.6) is 11.5 Å². The summed E-state index contributed by atoms with van der Waals surface area (Å²) in [6.45, 7) is 19.8. The SMILES string of the molecule is CC.CC(C)=C1OC1Oc1ccc(Cc2c(C)cc(OCP(=O)(NCC(=O)OC(C)C)OC3=CCCC=C3)cc2C)cc1C(C)C. The van der Waals surface area contributed by atoms with E-state index in [1.807, 2.05) is 58.0 Å². The summed E-state index contributed by atoms with van der Waals surface area (Å²) in [5.74, 6) is 2.61. The predicted octanol–water partition coefficient (Wildman–Crippen LogP) is 9.39. The minimum atomic E-state index is -3.60. The van der Waals surface area contributed by atoms with Crippen LogP contribution in [0, 0.1) is 13.8 Å². The molecule has 2 atom stereocenters. The number of epoxide rings is 1. The van der Waals surface area contributed by atoms with Gasteiger partial charge in [0.1, 0.15) is 23.8 Å². The van der Waals surface area contributed by atoms with E-state index in [2.05, 4.69) is 44.9 Å². The van der Waals surface area contributed by atoms with Gasteiger partial charge in [0.15, 0.2) is 12.1 Å². The molecular weight excluding hydrogens is 601 g/mol. The smallest absolute Gasteiger partial charge is 0.354 e. The molecule has 1 N–H and O–H groups in total. The Morgan fingerprint density at radius 3 is 2.30 bits per heavy atom. The van der Waals surface area contributed by atoms with E-state index in [-0.39, 0.29) is 31.2 Å². The number of rotatable bonds is 14. The molecule has 46 heavy (non-hydrogen) atoms. The van der Waals surface area contributed by atoms with Gasteiger partial charge in [-0.15, -0.1) is 0 Å². The summed E-state index contributed by atoms with van der Waals surface area (Å²) >= 11 is 0. The highest BCUT2D eigenvalue weighted by Crippen LogP contribution is 2.46. The highest BCUT2D eigenvalue weighted by Gasteiger charge is 2.37. The Balaban J connectivity index is 0.00000282. The van der Waals surface area contributed by atoms with Crippen molar-refractivity contribution >= 4 is 13.5 Å². The van der Waals surface area contributed by atoms with E-state index in [9.17, 15) is 9.36 Å². The summed E-state index contributed by atoms with van der Waals surface area (Å²) in [5.41, 5.74) is 6.78. The van der Waals surface area contributed by atoms with Gasteiger partial charge < -0.3 is 23.5 Å². The van der Waals surface area contributed by atoms with Crippen LogP contribution >= 0.6 is 7.52 Å². The maximum Gasteiger partial charge on any atom is 0.354 e. The van der Waals surface area contributed by atoms with Crippen LogP contribution in [0.15, 0.2) is 65.7 Å². The molecule has 4 rings (SSSR count). The van der Waals surface area contributed by atoms with Crippen LogP contribution in [-0.2, 0) is 29.8 Å². The number of nitrogens with one attached hydrogen (secondary N) is 1. The van der Waals surface area contributed by atoms with Crippen molar-refractivity contribution in [1.82, 2.24) is 5.09 Å². The molecule has 0 spiro atoms. The molecule has 1 fully saturated rings. The molecule has 9 heteroatoms. The van der Waals surface area contributed by atoms with Crippen molar-refractivity contribution < 1.29 is 32.8 Å². The van der Waals surface area contributed by atoms with Crippen molar-refractivity contribution in [3.05, 3.63) is 93.5 Å². The summed E-state index contributed by atoms with van der Waals surface area (Å²) in [6, 6.07) is 10.3. The number of carbonyl (C=O) groups is 1. The average molecular weight is 654 g/mol. The van der Waals surface area contributed by atoms with Crippen LogP contribution in [0.4, 0.5) is 0 Å². The van der Waals surface area contributed by atoms with E-state index >= 15 is 0 Å². The molecule has 0 amide bonds. The largest absolute Gasteiger partial charge is 0.481 e. The Morgan fingerprint density at radius 1 is 1.04 bits per heavy atom. The lowest BCUT2D eigenvalue weighted by molar-refractivity contribution is -0.145. The molecule has 2 aromatic carbocycles. The molecule has 0 saturated carbocycles. The monoisotopic (exact) mass is 653 g/mol. The van der Waals surface area contributed by atoms with Crippen LogP contribution in [0.1, 0.15) is 102 Å². The van der Waals surface area contributed by atoms with E-state index in [1.165, 1.54) is 11.1 Å². The number of carbonyl (C=O) groups excluding carboxylic acids is 1. The first-order valence-corrected chi connectivity index (χ1v) is 18.1. The summed E-state index contributed by atoms with van der Waals surface area (Å²) in [7, 11) is -3.60. The third kappa shape index (κ3) is 10.8. The first kappa shape index (κ1) is 37.0. The maximum absolute atomic E-state index is 13.8. The number of benzene rings is 2. The molecule has 1 aliphatic heterocycles. The van der Waals surface area contributed by atoms with Gasteiger partial charge in [0, 0.05) is 0 Å². The number of ether oxygens (including phenoxy) is 4. The molecular formula is C37H52NO7P. The third-order valence-corrected chi connectivity index (χ3v) is 8.93. The standard InChI is InChI=1S/C35H46NO7P.C2H6/c1-22(2)30-18-27(14-15-32(30)41-35-34(42-35)23(3)4)19-31-25(7)16-29(17-26(31)8)39-21-44(38,36-20-33(37)40-24(5)6)43-28-12-10-9-11-13-28;1-2/h10,12-18,22,24,35H,9,11,19-21H2,1-8H3,(H,36,38);1-2H3. The van der Waals surface area contributed by atoms with Gasteiger partial charge >= 0.3 is 13.5 Å². The number of hydrogen-bond acceptors (Lipinski definition) is 7. The third-order valence-electron chi connectivity index (χ3n) is 7.31. The number of aryl methyl sites for hydroxylation is 2. The fourth-order valence-electron chi connectivity index (χ4n) is 4.99. The highest BCUT2D eigenvalue weighted by atomic mass is 31.2. The van der Waals surface area contributed by atoms with Gasteiger partial charge in [-0.3, -0.25) is 9.36 Å². The first-order chi connectivity index (χ1) is 21.8. The van der Waals surface area contributed by atoms with Crippen molar-refractivity contribution in [3.63, 3.8) is 0 Å². The molecule has 2 aromatic rings. The minimum Gasteiger partial charge on any atom is -0.481 e. The van der Waals surface area contributed by atoms with Gasteiger partial charge in [-0.1, -0.05) is 45.9 Å². The normalized spacial score (nSPS) is 16.5. The lowest BCUT2D eigenvalue weighted by Gasteiger charge is -2.23. The lowest BCUT2D eigenvalue weighted by atomic mass is 9.93. The number of hydrogen-bond donors (Lipinski definition) is 1. The summed E-state index contributed by atoms with van der Waals surface area (Å²) in [5, 5.41) is 2.77. The van der Waals surface area contributed by atoms with E-state index in [0.29, 0.717) is 11.5 Å². The lowest BCUT2D eigenvalue weighted by Crippen LogP contribution is -2.27. The van der Waals surface area contributed by atoms with E-state index < -0.39 is 13.5 Å². The highest BCUT2D eigenvalue weighted by molar-refractivity contribution is 7.56. The van der Waals surface area contributed by atoms with Crippen molar-refractivity contribution in [1.29, 1.82) is 0 Å². The minimum absolute atomic E-state index is 0.246. The van der Waals surface area contributed by atoms with E-state index in [1.54, 1.807) is 19.9 Å². The molecule has 8 nitrogen and oxygen atoms in total. The second-order valence-corrected chi connectivity index (χ2v) is 14.3. The van der Waals surface area contributed by atoms with Crippen LogP contribution in [0.25, 0.3) is 0 Å². The topological polar surface area (TPSA) is 95.6 Å². The molecule has 1 aliphatic carbocycles. The summed E-state index contributed by atoms with van der Waals surface area (Å²) in [4.78, 5) is 12.2. The van der Waals surface area contributed by atoms with Gasteiger partial charge in [-0.05, 0) is 130 Å². The fraction of sp³-hybridized carbons (Fsp3) is 0.486. The van der Waals surface area contributed by atoms with Crippen molar-refractivity contribution in [2.45, 2.75) is 107 Å². The Labute approximate surface area is 275 Å². The zero-order valence-electron chi connectivity index (χ0n) is 29.2. The van der Waals surface area contributed by atoms with Crippen molar-refractivity contribution in [2.24, 2.45) is 0 Å². The van der Waals surface area contributed by atoms with E-state index in [0.717, 1.165) is 53.0 Å². The molecule has 252 valence electrons. The average Bonchev–Trinajstić information content (AvgIpc) is 3.78. The Hall–Kier alpha value is -3.48. The van der Waals surface area contributed by atoms with Gasteiger partial charge in [-0.25, -0.2) is 5.09 Å². The van der Waals surface area contributed by atoms with Gasteiger partial charge in [0.2, 0.25) is 0 Å². The molecule has 1 heterocycles. The number of allylic oxidation sites excluding steroid dienone is 4. The zero-order valence-corrected chi connectivity index (χ0v) is 30.1. The molecule has 2 aliphatic rings. The van der Waals surface area contributed by atoms with Gasteiger partial charge in [0.25, 0.3) is 6.29 Å². The fourth-order valence-corrected chi connectivity index (χ4v) is 6.37. The van der Waals surface area contributed by atoms with Crippen molar-refractivity contribution in [2.75, 3.05) is 12.9 Å². The first-order valence-electron chi connectivity index (χ1n) is 16.3. The Morgan fingerprint density at radius 2 is 1.74 bits per heavy atom. The van der Waals surface area contributed by atoms with E-state index in [4.69, 9.17) is 23.5 Å². The number of esters is 1. The molecule has 0 bridgehead atoms. The maximum atomic E-state index is 13.8. The Bertz CT molecular complexity index is 1480. The quantitative estimate of drug-likeness (QED) is 0.122. The predicted molar refractivity (Wildman–Crippen MR) is 184 cm³/mol. The molecule has 0 radical (unpaired) electrons.